The summed E-state index contributed by atoms with van der Waals surface area (Å²) >= 11 is 0. The maximum atomic E-state index is 12.1. The lowest BCUT2D eigenvalue weighted by atomic mass is 9.87. The van der Waals surface area contributed by atoms with Crippen molar-refractivity contribution >= 4 is 29.0 Å². The van der Waals surface area contributed by atoms with Crippen LogP contribution in [0.3, 0.4) is 0 Å². The Kier molecular flexibility index (Phi) is 4.50. The van der Waals surface area contributed by atoms with Gasteiger partial charge in [0.25, 0.3) is 0 Å². The molecule has 0 radical (unpaired) electrons. The van der Waals surface area contributed by atoms with Gasteiger partial charge in [0.2, 0.25) is 11.9 Å². The smallest absolute Gasteiger partial charge is 0.229 e. The molecule has 0 saturated carbocycles. The lowest BCUT2D eigenvalue weighted by Crippen LogP contribution is -2.31. The molecule has 2 aromatic rings. The average Bonchev–Trinajstić information content (AvgIpc) is 2.94. The normalized spacial score (nSPS) is 18.3. The number of hydrogen-bond acceptors (Lipinski definition) is 5. The summed E-state index contributed by atoms with van der Waals surface area (Å²) in [5, 5.41) is 3.31. The van der Waals surface area contributed by atoms with Crippen LogP contribution in [-0.2, 0) is 10.2 Å². The third-order valence-electron chi connectivity index (χ3n) is 5.53. The number of aromatic nitrogens is 2. The zero-order chi connectivity index (χ0) is 19.0. The third-order valence-corrected chi connectivity index (χ3v) is 5.53. The van der Waals surface area contributed by atoms with Crippen LogP contribution in [0, 0.1) is 0 Å². The van der Waals surface area contributed by atoms with Gasteiger partial charge < -0.3 is 15.1 Å². The highest BCUT2D eigenvalue weighted by Gasteiger charge is 2.36. The van der Waals surface area contributed by atoms with Gasteiger partial charge in [0.05, 0.1) is 0 Å². The van der Waals surface area contributed by atoms with Gasteiger partial charge in [-0.05, 0) is 43.0 Å². The fourth-order valence-corrected chi connectivity index (χ4v) is 4.09. The monoisotopic (exact) mass is 365 g/mol. The molecule has 0 aliphatic carbocycles. The van der Waals surface area contributed by atoms with E-state index in [2.05, 4.69) is 35.1 Å². The molecule has 1 amide bonds. The number of amides is 1. The number of rotatable bonds is 3. The van der Waals surface area contributed by atoms with Gasteiger partial charge in [-0.25, -0.2) is 4.98 Å². The first-order chi connectivity index (χ1) is 12.9. The molecular weight excluding hydrogens is 338 g/mol. The van der Waals surface area contributed by atoms with Crippen molar-refractivity contribution in [3.63, 3.8) is 0 Å². The Balaban J connectivity index is 1.59. The number of hydrogen-bond donors (Lipinski definition) is 1. The van der Waals surface area contributed by atoms with E-state index in [1.807, 2.05) is 23.1 Å². The van der Waals surface area contributed by atoms with Crippen molar-refractivity contribution in [2.75, 3.05) is 34.8 Å². The van der Waals surface area contributed by atoms with Crippen LogP contribution in [0.1, 0.15) is 45.6 Å². The number of carbonyl (C=O) groups excluding carboxylic acids is 1. The molecule has 4 rings (SSSR count). The van der Waals surface area contributed by atoms with Gasteiger partial charge in [-0.2, -0.15) is 4.98 Å². The first-order valence-corrected chi connectivity index (χ1v) is 9.72. The molecule has 27 heavy (non-hydrogen) atoms. The Morgan fingerprint density at radius 2 is 1.93 bits per heavy atom. The number of piperidine rings is 1. The maximum absolute atomic E-state index is 12.1. The largest absolute Gasteiger partial charge is 0.356 e. The van der Waals surface area contributed by atoms with Crippen molar-refractivity contribution in [2.45, 2.75) is 45.4 Å². The Morgan fingerprint density at radius 3 is 2.67 bits per heavy atom. The topological polar surface area (TPSA) is 61.4 Å². The van der Waals surface area contributed by atoms with E-state index in [1.165, 1.54) is 24.8 Å². The lowest BCUT2D eigenvalue weighted by Gasteiger charge is -2.27. The van der Waals surface area contributed by atoms with Crippen LogP contribution < -0.4 is 15.1 Å². The Hall–Kier alpha value is -2.63. The van der Waals surface area contributed by atoms with Crippen molar-refractivity contribution in [3.8, 4) is 0 Å². The first kappa shape index (κ1) is 17.8. The molecule has 1 N–H and O–H groups in total. The molecule has 6 heteroatoms. The molecule has 1 saturated heterocycles. The zero-order valence-electron chi connectivity index (χ0n) is 16.3. The predicted molar refractivity (Wildman–Crippen MR) is 109 cm³/mol. The second-order valence-corrected chi connectivity index (χ2v) is 8.13. The standard InChI is InChI=1S/C21H27N5O/c1-15(27)26-14-21(2,3)17-8-7-16(13-18(17)26)23-20-22-10-9-19(24-20)25-11-5-4-6-12-25/h7-10,13H,4-6,11-12,14H2,1-3H3,(H,22,23,24). The van der Waals surface area contributed by atoms with Gasteiger partial charge in [0.15, 0.2) is 0 Å². The number of nitrogens with one attached hydrogen (secondary N) is 1. The number of anilines is 4. The number of benzene rings is 1. The minimum Gasteiger partial charge on any atom is -0.356 e. The van der Waals surface area contributed by atoms with Gasteiger partial charge in [-0.15, -0.1) is 0 Å². The second-order valence-electron chi connectivity index (χ2n) is 8.13. The van der Waals surface area contributed by atoms with E-state index in [0.717, 1.165) is 30.3 Å². The second kappa shape index (κ2) is 6.83. The van der Waals surface area contributed by atoms with E-state index in [1.54, 1.807) is 13.1 Å². The Bertz CT molecular complexity index is 857. The molecule has 0 unspecified atom stereocenters. The summed E-state index contributed by atoms with van der Waals surface area (Å²) in [6, 6.07) is 8.15. The summed E-state index contributed by atoms with van der Waals surface area (Å²) in [4.78, 5) is 25.3. The molecule has 142 valence electrons. The fraction of sp³-hybridized carbons (Fsp3) is 0.476. The quantitative estimate of drug-likeness (QED) is 0.895. The van der Waals surface area contributed by atoms with E-state index in [4.69, 9.17) is 4.98 Å². The van der Waals surface area contributed by atoms with Gasteiger partial charge in [-0.1, -0.05) is 19.9 Å². The fourth-order valence-electron chi connectivity index (χ4n) is 4.09. The van der Waals surface area contributed by atoms with Crippen molar-refractivity contribution in [2.24, 2.45) is 0 Å². The molecule has 0 bridgehead atoms. The highest BCUT2D eigenvalue weighted by atomic mass is 16.2. The van der Waals surface area contributed by atoms with Crippen LogP contribution in [0.2, 0.25) is 0 Å². The highest BCUT2D eigenvalue weighted by molar-refractivity contribution is 5.95. The molecule has 0 spiro atoms. The van der Waals surface area contributed by atoms with Crippen LogP contribution in [-0.4, -0.2) is 35.5 Å². The minimum atomic E-state index is -0.0375. The summed E-state index contributed by atoms with van der Waals surface area (Å²) in [6.45, 7) is 8.79. The van der Waals surface area contributed by atoms with Crippen LogP contribution in [0.5, 0.6) is 0 Å². The highest BCUT2D eigenvalue weighted by Crippen LogP contribution is 2.42. The third kappa shape index (κ3) is 3.48. The van der Waals surface area contributed by atoms with Gasteiger partial charge in [0, 0.05) is 49.5 Å². The summed E-state index contributed by atoms with van der Waals surface area (Å²) in [6.07, 6.45) is 5.53. The molecular formula is C21H27N5O. The summed E-state index contributed by atoms with van der Waals surface area (Å²) in [7, 11) is 0. The summed E-state index contributed by atoms with van der Waals surface area (Å²) in [5.74, 6) is 1.63. The first-order valence-electron chi connectivity index (χ1n) is 9.72. The van der Waals surface area contributed by atoms with Crippen LogP contribution >= 0.6 is 0 Å². The van der Waals surface area contributed by atoms with Crippen molar-refractivity contribution < 1.29 is 4.79 Å². The van der Waals surface area contributed by atoms with E-state index in [0.29, 0.717) is 12.5 Å². The minimum absolute atomic E-state index is 0.0375. The molecule has 2 aliphatic rings. The molecule has 2 aliphatic heterocycles. The summed E-state index contributed by atoms with van der Waals surface area (Å²) in [5.41, 5.74) is 3.04. The molecule has 1 aromatic carbocycles. The van der Waals surface area contributed by atoms with E-state index in [-0.39, 0.29) is 11.3 Å². The summed E-state index contributed by atoms with van der Waals surface area (Å²) < 4.78 is 0. The molecule has 6 nitrogen and oxygen atoms in total. The Labute approximate surface area is 160 Å². The Morgan fingerprint density at radius 1 is 1.15 bits per heavy atom. The van der Waals surface area contributed by atoms with Gasteiger partial charge >= 0.3 is 0 Å². The van der Waals surface area contributed by atoms with Crippen LogP contribution in [0.15, 0.2) is 30.5 Å². The van der Waals surface area contributed by atoms with Crippen LogP contribution in [0.4, 0.5) is 23.1 Å². The molecule has 0 atom stereocenters. The van der Waals surface area contributed by atoms with Crippen molar-refractivity contribution in [1.82, 2.24) is 9.97 Å². The number of fused-ring (bicyclic) bond motifs is 1. The maximum Gasteiger partial charge on any atom is 0.229 e. The van der Waals surface area contributed by atoms with Crippen molar-refractivity contribution in [1.29, 1.82) is 0 Å². The molecule has 1 fully saturated rings. The van der Waals surface area contributed by atoms with Crippen molar-refractivity contribution in [3.05, 3.63) is 36.0 Å². The molecule has 3 heterocycles. The number of nitrogens with zero attached hydrogens (tertiary/aromatic N) is 4. The zero-order valence-corrected chi connectivity index (χ0v) is 16.3. The van der Waals surface area contributed by atoms with Gasteiger partial charge in [0.1, 0.15) is 5.82 Å². The van der Waals surface area contributed by atoms with E-state index >= 15 is 0 Å². The van der Waals surface area contributed by atoms with Gasteiger partial charge in [-0.3, -0.25) is 4.79 Å². The number of carbonyl (C=O) groups is 1. The molecule has 1 aromatic heterocycles. The lowest BCUT2D eigenvalue weighted by molar-refractivity contribution is -0.116. The van der Waals surface area contributed by atoms with Crippen LogP contribution in [0.25, 0.3) is 0 Å². The SMILES string of the molecule is CC(=O)N1CC(C)(C)c2ccc(Nc3nccc(N4CCCCC4)n3)cc21. The predicted octanol–water partition coefficient (Wildman–Crippen LogP) is 3.85. The van der Waals surface area contributed by atoms with E-state index < -0.39 is 0 Å². The average molecular weight is 365 g/mol. The van der Waals surface area contributed by atoms with E-state index in [9.17, 15) is 4.79 Å².